The highest BCUT2D eigenvalue weighted by molar-refractivity contribution is 5.82. The Kier molecular flexibility index (Phi) is 4.34. The molecule has 1 unspecified atom stereocenters. The molecule has 0 radical (unpaired) electrons. The van der Waals surface area contributed by atoms with Gasteiger partial charge in [-0.1, -0.05) is 13.0 Å². The van der Waals surface area contributed by atoms with Gasteiger partial charge in [-0.15, -0.1) is 0 Å². The second-order valence-corrected chi connectivity index (χ2v) is 5.84. The number of nitrogens with zero attached hydrogens (tertiary/aromatic N) is 2. The average molecular weight is 347 g/mol. The summed E-state index contributed by atoms with van der Waals surface area (Å²) >= 11 is 0. The molecule has 2 N–H and O–H groups in total. The Balaban J connectivity index is 2.50. The third-order valence-electron chi connectivity index (χ3n) is 4.08. The number of benzene rings is 2. The Morgan fingerprint density at radius 2 is 1.80 bits per heavy atom. The molecule has 0 fully saturated rings. The molecule has 130 valence electrons. The van der Waals surface area contributed by atoms with Gasteiger partial charge in [0.05, 0.1) is 17.2 Å². The maximum atomic E-state index is 14.3. The third kappa shape index (κ3) is 2.91. The molecule has 1 aromatic heterocycles. The van der Waals surface area contributed by atoms with E-state index in [0.29, 0.717) is 18.1 Å². The highest BCUT2D eigenvalue weighted by Crippen LogP contribution is 2.23. The Hall–Kier alpha value is -2.67. The van der Waals surface area contributed by atoms with Crippen molar-refractivity contribution in [3.8, 4) is 5.69 Å². The van der Waals surface area contributed by atoms with Crippen molar-refractivity contribution in [1.82, 2.24) is 9.55 Å². The Bertz CT molecular complexity index is 1010. The molecule has 0 bridgehead atoms. The fraction of sp³-hybridized carbons (Fsp3) is 0.222. The smallest absolute Gasteiger partial charge is 0.269 e. The summed E-state index contributed by atoms with van der Waals surface area (Å²) in [4.78, 5) is 17.3. The normalized spacial score (nSPS) is 12.6. The molecule has 3 aromatic rings. The molecule has 0 amide bonds. The Labute approximate surface area is 141 Å². The highest BCUT2D eigenvalue weighted by atomic mass is 19.1. The lowest BCUT2D eigenvalue weighted by molar-refractivity contribution is 0.575. The molecule has 0 saturated carbocycles. The number of halogens is 3. The standard InChI is InChI=1S/C18H16F3N3O/c1-3-14(22)17-23-16-9(2)4-5-13(21)15(16)18(25)24(17)12-7-10(19)6-11(20)8-12/h4-8,14H,3,22H2,1-2H3. The van der Waals surface area contributed by atoms with Crippen molar-refractivity contribution in [2.45, 2.75) is 26.3 Å². The van der Waals surface area contributed by atoms with Gasteiger partial charge in [0.1, 0.15) is 28.7 Å². The zero-order valence-electron chi connectivity index (χ0n) is 13.7. The van der Waals surface area contributed by atoms with E-state index in [4.69, 9.17) is 5.73 Å². The van der Waals surface area contributed by atoms with Gasteiger partial charge in [0.25, 0.3) is 5.56 Å². The molecule has 0 spiro atoms. The van der Waals surface area contributed by atoms with Crippen LogP contribution in [-0.2, 0) is 0 Å². The fourth-order valence-corrected chi connectivity index (χ4v) is 2.75. The zero-order valence-corrected chi connectivity index (χ0v) is 13.7. The maximum Gasteiger partial charge on any atom is 0.269 e. The monoisotopic (exact) mass is 347 g/mol. The first-order chi connectivity index (χ1) is 11.8. The molecule has 0 aliphatic heterocycles. The average Bonchev–Trinajstić information content (AvgIpc) is 2.55. The first kappa shape index (κ1) is 17.2. The summed E-state index contributed by atoms with van der Waals surface area (Å²) in [5, 5.41) is -0.239. The van der Waals surface area contributed by atoms with Gasteiger partial charge in [-0.05, 0) is 37.1 Å². The van der Waals surface area contributed by atoms with Crippen LogP contribution in [0.15, 0.2) is 35.1 Å². The van der Waals surface area contributed by atoms with Crippen LogP contribution in [0.4, 0.5) is 13.2 Å². The van der Waals surface area contributed by atoms with Gasteiger partial charge in [-0.3, -0.25) is 9.36 Å². The number of hydrogen-bond donors (Lipinski definition) is 1. The number of nitrogens with two attached hydrogens (primary N) is 1. The predicted molar refractivity (Wildman–Crippen MR) is 89.2 cm³/mol. The predicted octanol–water partition coefficient (Wildman–Crippen LogP) is 3.52. The number of aromatic nitrogens is 2. The lowest BCUT2D eigenvalue weighted by Crippen LogP contribution is -2.29. The van der Waals surface area contributed by atoms with E-state index in [-0.39, 0.29) is 22.4 Å². The van der Waals surface area contributed by atoms with E-state index >= 15 is 0 Å². The van der Waals surface area contributed by atoms with Crippen LogP contribution in [-0.4, -0.2) is 9.55 Å². The van der Waals surface area contributed by atoms with Crippen LogP contribution in [0.2, 0.25) is 0 Å². The van der Waals surface area contributed by atoms with Crippen LogP contribution < -0.4 is 11.3 Å². The number of hydrogen-bond acceptors (Lipinski definition) is 3. The summed E-state index contributed by atoms with van der Waals surface area (Å²) in [5.41, 5.74) is 6.01. The van der Waals surface area contributed by atoms with Crippen molar-refractivity contribution >= 4 is 10.9 Å². The molecule has 0 saturated heterocycles. The van der Waals surface area contributed by atoms with E-state index < -0.39 is 29.1 Å². The third-order valence-corrected chi connectivity index (χ3v) is 4.08. The fourth-order valence-electron chi connectivity index (χ4n) is 2.75. The van der Waals surface area contributed by atoms with Crippen LogP contribution >= 0.6 is 0 Å². The van der Waals surface area contributed by atoms with Crippen LogP contribution in [0.5, 0.6) is 0 Å². The summed E-state index contributed by atoms with van der Waals surface area (Å²) in [6, 6.07) is 4.67. The van der Waals surface area contributed by atoms with Gasteiger partial charge in [0.15, 0.2) is 0 Å². The first-order valence-corrected chi connectivity index (χ1v) is 7.77. The minimum Gasteiger partial charge on any atom is -0.321 e. The van der Waals surface area contributed by atoms with Crippen molar-refractivity contribution in [3.05, 3.63) is 69.5 Å². The molecule has 1 atom stereocenters. The van der Waals surface area contributed by atoms with E-state index in [0.717, 1.165) is 22.8 Å². The molecule has 1 heterocycles. The number of fused-ring (bicyclic) bond motifs is 1. The van der Waals surface area contributed by atoms with Crippen LogP contribution in [0.3, 0.4) is 0 Å². The lowest BCUT2D eigenvalue weighted by atomic mass is 10.1. The topological polar surface area (TPSA) is 60.9 Å². The lowest BCUT2D eigenvalue weighted by Gasteiger charge is -2.18. The van der Waals surface area contributed by atoms with Crippen molar-refractivity contribution in [3.63, 3.8) is 0 Å². The van der Waals surface area contributed by atoms with Gasteiger partial charge in [-0.2, -0.15) is 0 Å². The minimum atomic E-state index is -0.859. The molecule has 2 aromatic carbocycles. The van der Waals surface area contributed by atoms with E-state index in [1.54, 1.807) is 13.8 Å². The van der Waals surface area contributed by atoms with Gasteiger partial charge >= 0.3 is 0 Å². The van der Waals surface area contributed by atoms with E-state index in [9.17, 15) is 18.0 Å². The van der Waals surface area contributed by atoms with Crippen molar-refractivity contribution < 1.29 is 13.2 Å². The van der Waals surface area contributed by atoms with Crippen LogP contribution in [0.25, 0.3) is 16.6 Å². The summed E-state index contributed by atoms with van der Waals surface area (Å²) in [7, 11) is 0. The Morgan fingerprint density at radius 3 is 2.40 bits per heavy atom. The summed E-state index contributed by atoms with van der Waals surface area (Å²) in [5.74, 6) is -2.34. The zero-order chi connectivity index (χ0) is 18.3. The Morgan fingerprint density at radius 1 is 1.16 bits per heavy atom. The number of aryl methyl sites for hydroxylation is 1. The quantitative estimate of drug-likeness (QED) is 0.789. The first-order valence-electron chi connectivity index (χ1n) is 7.77. The summed E-state index contributed by atoms with van der Waals surface area (Å²) in [6.07, 6.45) is 0.435. The van der Waals surface area contributed by atoms with E-state index in [1.165, 1.54) is 6.07 Å². The molecule has 7 heteroatoms. The largest absolute Gasteiger partial charge is 0.321 e. The van der Waals surface area contributed by atoms with E-state index in [2.05, 4.69) is 4.98 Å². The molecular formula is C18H16F3N3O. The molecule has 4 nitrogen and oxygen atoms in total. The van der Waals surface area contributed by atoms with Crippen LogP contribution in [0, 0.1) is 24.4 Å². The van der Waals surface area contributed by atoms with Gasteiger partial charge in [-0.25, -0.2) is 18.2 Å². The van der Waals surface area contributed by atoms with Crippen molar-refractivity contribution in [1.29, 1.82) is 0 Å². The number of rotatable bonds is 3. The SMILES string of the molecule is CCC(N)c1nc2c(C)ccc(F)c2c(=O)n1-c1cc(F)cc(F)c1. The van der Waals surface area contributed by atoms with E-state index in [1.807, 2.05) is 0 Å². The van der Waals surface area contributed by atoms with Gasteiger partial charge in [0.2, 0.25) is 0 Å². The molecular weight excluding hydrogens is 331 g/mol. The van der Waals surface area contributed by atoms with Gasteiger partial charge in [0, 0.05) is 6.07 Å². The summed E-state index contributed by atoms with van der Waals surface area (Å²) in [6.45, 7) is 3.48. The van der Waals surface area contributed by atoms with Crippen LogP contribution in [0.1, 0.15) is 30.8 Å². The minimum absolute atomic E-state index is 0.0864. The highest BCUT2D eigenvalue weighted by Gasteiger charge is 2.21. The summed E-state index contributed by atoms with van der Waals surface area (Å²) < 4.78 is 42.5. The van der Waals surface area contributed by atoms with Crippen molar-refractivity contribution in [2.75, 3.05) is 0 Å². The maximum absolute atomic E-state index is 14.3. The van der Waals surface area contributed by atoms with Gasteiger partial charge < -0.3 is 5.73 Å². The second-order valence-electron chi connectivity index (χ2n) is 5.84. The molecule has 0 aliphatic rings. The molecule has 0 aliphatic carbocycles. The second kappa shape index (κ2) is 6.33. The molecule has 25 heavy (non-hydrogen) atoms. The molecule has 3 rings (SSSR count). The van der Waals surface area contributed by atoms with Crippen molar-refractivity contribution in [2.24, 2.45) is 5.73 Å².